The van der Waals surface area contributed by atoms with E-state index in [9.17, 15) is 10.2 Å². The molecule has 0 heterocycles. The fourth-order valence-corrected chi connectivity index (χ4v) is 1.55. The van der Waals surface area contributed by atoms with Crippen LogP contribution in [0.2, 0.25) is 0 Å². The van der Waals surface area contributed by atoms with Crippen molar-refractivity contribution in [3.05, 3.63) is 23.8 Å². The van der Waals surface area contributed by atoms with Crippen molar-refractivity contribution in [2.75, 3.05) is 20.8 Å². The van der Waals surface area contributed by atoms with E-state index in [1.54, 1.807) is 18.2 Å². The normalized spacial score (nSPS) is 14.2. The van der Waals surface area contributed by atoms with Gasteiger partial charge in [0.2, 0.25) is 0 Å². The lowest BCUT2D eigenvalue weighted by molar-refractivity contribution is 0.0148. The Balaban J connectivity index is 2.95. The summed E-state index contributed by atoms with van der Waals surface area (Å²) in [5, 5.41) is 19.6. The van der Waals surface area contributed by atoms with Gasteiger partial charge >= 0.3 is 0 Å². The van der Waals surface area contributed by atoms with Crippen LogP contribution in [-0.4, -0.2) is 37.1 Å². The number of aliphatic hydroxyl groups is 2. The van der Waals surface area contributed by atoms with Crippen LogP contribution >= 0.6 is 0 Å². The fraction of sp³-hybridized carbons (Fsp3) is 0.500. The summed E-state index contributed by atoms with van der Waals surface area (Å²) in [6, 6.07) is 5.02. The summed E-state index contributed by atoms with van der Waals surface area (Å²) in [5.41, 5.74) is 5.88. The summed E-state index contributed by atoms with van der Waals surface area (Å²) in [6.45, 7) is 0.319. The van der Waals surface area contributed by atoms with E-state index in [2.05, 4.69) is 0 Å². The second-order valence-electron chi connectivity index (χ2n) is 3.74. The molecule has 0 spiro atoms. The van der Waals surface area contributed by atoms with Gasteiger partial charge in [-0.25, -0.2) is 0 Å². The molecule has 2 atom stereocenters. The first-order valence-corrected chi connectivity index (χ1v) is 5.41. The van der Waals surface area contributed by atoms with Crippen molar-refractivity contribution in [2.24, 2.45) is 5.73 Å². The van der Waals surface area contributed by atoms with E-state index < -0.39 is 12.2 Å². The largest absolute Gasteiger partial charge is 0.497 e. The Kier molecular flexibility index (Phi) is 5.21. The lowest BCUT2D eigenvalue weighted by Gasteiger charge is -2.18. The van der Waals surface area contributed by atoms with Crippen LogP contribution in [0.1, 0.15) is 18.1 Å². The van der Waals surface area contributed by atoms with Crippen molar-refractivity contribution >= 4 is 0 Å². The topological polar surface area (TPSA) is 84.9 Å². The Morgan fingerprint density at radius 2 is 1.65 bits per heavy atom. The van der Waals surface area contributed by atoms with Crippen molar-refractivity contribution in [2.45, 2.75) is 18.6 Å². The van der Waals surface area contributed by atoms with Gasteiger partial charge < -0.3 is 25.4 Å². The van der Waals surface area contributed by atoms with E-state index >= 15 is 0 Å². The summed E-state index contributed by atoms with van der Waals surface area (Å²) < 4.78 is 10.2. The minimum atomic E-state index is -0.998. The lowest BCUT2D eigenvalue weighted by Crippen LogP contribution is -2.21. The van der Waals surface area contributed by atoms with Gasteiger partial charge in [0.15, 0.2) is 0 Å². The number of ether oxygens (including phenoxy) is 2. The maximum Gasteiger partial charge on any atom is 0.122 e. The molecule has 0 fully saturated rings. The molecule has 0 saturated heterocycles. The molecule has 17 heavy (non-hydrogen) atoms. The highest BCUT2D eigenvalue weighted by Crippen LogP contribution is 2.28. The van der Waals surface area contributed by atoms with E-state index in [1.165, 1.54) is 14.2 Å². The van der Waals surface area contributed by atoms with Crippen LogP contribution in [0.25, 0.3) is 0 Å². The van der Waals surface area contributed by atoms with Gasteiger partial charge in [-0.05, 0) is 30.7 Å². The molecule has 0 aliphatic heterocycles. The van der Waals surface area contributed by atoms with Gasteiger partial charge in [0.1, 0.15) is 17.6 Å². The number of hydrogen-bond acceptors (Lipinski definition) is 5. The van der Waals surface area contributed by atoms with Gasteiger partial charge in [0.05, 0.1) is 20.3 Å². The van der Waals surface area contributed by atoms with Crippen LogP contribution < -0.4 is 15.2 Å². The lowest BCUT2D eigenvalue weighted by atomic mass is 10.0. The molecule has 5 heteroatoms. The monoisotopic (exact) mass is 241 g/mol. The Hall–Kier alpha value is -1.30. The summed E-state index contributed by atoms with van der Waals surface area (Å²) in [7, 11) is 3.06. The van der Waals surface area contributed by atoms with Crippen LogP contribution in [0.3, 0.4) is 0 Å². The van der Waals surface area contributed by atoms with Gasteiger partial charge in [-0.3, -0.25) is 0 Å². The summed E-state index contributed by atoms with van der Waals surface area (Å²) >= 11 is 0. The summed E-state index contributed by atoms with van der Waals surface area (Å²) in [6.07, 6.45) is -1.56. The van der Waals surface area contributed by atoms with E-state index in [0.29, 0.717) is 30.0 Å². The molecule has 0 saturated carbocycles. The minimum Gasteiger partial charge on any atom is -0.497 e. The van der Waals surface area contributed by atoms with Crippen molar-refractivity contribution in [3.63, 3.8) is 0 Å². The minimum absolute atomic E-state index is 0.319. The van der Waals surface area contributed by atoms with Crippen molar-refractivity contribution in [3.8, 4) is 11.5 Å². The third kappa shape index (κ3) is 3.59. The first-order valence-electron chi connectivity index (χ1n) is 5.41. The molecule has 4 N–H and O–H groups in total. The van der Waals surface area contributed by atoms with Crippen LogP contribution in [-0.2, 0) is 0 Å². The molecule has 2 unspecified atom stereocenters. The first kappa shape index (κ1) is 13.8. The van der Waals surface area contributed by atoms with Crippen LogP contribution in [0.4, 0.5) is 0 Å². The summed E-state index contributed by atoms with van der Waals surface area (Å²) in [4.78, 5) is 0. The van der Waals surface area contributed by atoms with Crippen molar-refractivity contribution in [1.29, 1.82) is 0 Å². The number of methoxy groups -OCH3 is 2. The zero-order valence-corrected chi connectivity index (χ0v) is 10.1. The molecule has 96 valence electrons. The molecule has 0 aliphatic carbocycles. The van der Waals surface area contributed by atoms with Gasteiger partial charge in [-0.2, -0.15) is 0 Å². The number of benzene rings is 1. The average Bonchev–Trinajstić information content (AvgIpc) is 2.37. The zero-order chi connectivity index (χ0) is 12.8. The van der Waals surface area contributed by atoms with E-state index in [0.717, 1.165) is 0 Å². The molecule has 0 aliphatic rings. The Morgan fingerprint density at radius 1 is 1.12 bits per heavy atom. The smallest absolute Gasteiger partial charge is 0.122 e. The van der Waals surface area contributed by atoms with E-state index in [1.807, 2.05) is 0 Å². The SMILES string of the molecule is COc1cc(OC)cc(C(O)C(O)CCN)c1. The fourth-order valence-electron chi connectivity index (χ4n) is 1.55. The van der Waals surface area contributed by atoms with Crippen molar-refractivity contribution < 1.29 is 19.7 Å². The molecule has 5 nitrogen and oxygen atoms in total. The highest BCUT2D eigenvalue weighted by atomic mass is 16.5. The predicted octanol–water partition coefficient (Wildman–Crippen LogP) is 0.447. The quantitative estimate of drug-likeness (QED) is 0.673. The maximum absolute atomic E-state index is 9.94. The van der Waals surface area contributed by atoms with Gasteiger partial charge in [-0.15, -0.1) is 0 Å². The highest BCUT2D eigenvalue weighted by molar-refractivity contribution is 5.39. The van der Waals surface area contributed by atoms with Crippen LogP contribution in [0.15, 0.2) is 18.2 Å². The molecular weight excluding hydrogens is 222 g/mol. The standard InChI is InChI=1S/C12H19NO4/c1-16-9-5-8(6-10(7-9)17-2)12(15)11(14)3-4-13/h5-7,11-12,14-15H,3-4,13H2,1-2H3. The number of hydrogen-bond donors (Lipinski definition) is 3. The summed E-state index contributed by atoms with van der Waals surface area (Å²) in [5.74, 6) is 1.14. The van der Waals surface area contributed by atoms with Crippen LogP contribution in [0.5, 0.6) is 11.5 Å². The molecule has 1 aromatic carbocycles. The molecule has 0 radical (unpaired) electrons. The third-order valence-corrected chi connectivity index (χ3v) is 2.54. The highest BCUT2D eigenvalue weighted by Gasteiger charge is 2.19. The van der Waals surface area contributed by atoms with Crippen molar-refractivity contribution in [1.82, 2.24) is 0 Å². The van der Waals surface area contributed by atoms with Gasteiger partial charge in [0.25, 0.3) is 0 Å². The van der Waals surface area contributed by atoms with Gasteiger partial charge in [-0.1, -0.05) is 0 Å². The number of nitrogens with two attached hydrogens (primary N) is 1. The maximum atomic E-state index is 9.94. The number of aliphatic hydroxyl groups excluding tert-OH is 2. The molecule has 1 rings (SSSR count). The third-order valence-electron chi connectivity index (χ3n) is 2.54. The Bertz CT molecular complexity index is 334. The first-order chi connectivity index (χ1) is 8.12. The Morgan fingerprint density at radius 3 is 2.06 bits per heavy atom. The molecule has 1 aromatic rings. The second kappa shape index (κ2) is 6.44. The molecule has 0 aromatic heterocycles. The molecular formula is C12H19NO4. The van der Waals surface area contributed by atoms with E-state index in [-0.39, 0.29) is 0 Å². The second-order valence-corrected chi connectivity index (χ2v) is 3.74. The Labute approximate surface area is 101 Å². The van der Waals surface area contributed by atoms with E-state index in [4.69, 9.17) is 15.2 Å². The average molecular weight is 241 g/mol. The predicted molar refractivity (Wildman–Crippen MR) is 64.2 cm³/mol. The van der Waals surface area contributed by atoms with Gasteiger partial charge in [0, 0.05) is 6.07 Å². The molecule has 0 bridgehead atoms. The molecule has 0 amide bonds. The zero-order valence-electron chi connectivity index (χ0n) is 10.1. The number of rotatable bonds is 6. The van der Waals surface area contributed by atoms with Crippen LogP contribution in [0, 0.1) is 0 Å².